The molecule has 0 N–H and O–H groups in total. The summed E-state index contributed by atoms with van der Waals surface area (Å²) in [5.74, 6) is 0. The van der Waals surface area contributed by atoms with Gasteiger partial charge in [-0.15, -0.1) is 0 Å². The first-order valence-electron chi connectivity index (χ1n) is 3.22. The lowest BCUT2D eigenvalue weighted by Gasteiger charge is -2.04. The lowest BCUT2D eigenvalue weighted by Crippen LogP contribution is -2.12. The molecular weight excluding hydrogens is 264 g/mol. The molecule has 2 unspecified atom stereocenters. The van der Waals surface area contributed by atoms with Crippen LogP contribution in [0.5, 0.6) is 0 Å². The molecule has 1 fully saturated rings. The molecule has 1 heterocycles. The Morgan fingerprint density at radius 3 is 2.90 bits per heavy atom. The van der Waals surface area contributed by atoms with E-state index in [9.17, 15) is 0 Å². The zero-order valence-corrected chi connectivity index (χ0v) is 8.73. The standard InChI is InChI=1S/C6H10Br2O2/c7-1-5(8)2-9-3-6-4-10-6/h5-6H,1-4H2. The normalized spacial score (nSPS) is 26.4. The van der Waals surface area contributed by atoms with Crippen LogP contribution in [-0.4, -0.2) is 36.1 Å². The number of ether oxygens (including phenoxy) is 2. The van der Waals surface area contributed by atoms with E-state index in [2.05, 4.69) is 31.9 Å². The summed E-state index contributed by atoms with van der Waals surface area (Å²) in [5.41, 5.74) is 0. The minimum atomic E-state index is 0.384. The highest BCUT2D eigenvalue weighted by Gasteiger charge is 2.22. The van der Waals surface area contributed by atoms with Crippen molar-refractivity contribution in [3.8, 4) is 0 Å². The molecule has 60 valence electrons. The monoisotopic (exact) mass is 272 g/mol. The molecule has 1 aliphatic heterocycles. The topological polar surface area (TPSA) is 21.8 Å². The van der Waals surface area contributed by atoms with Crippen LogP contribution in [0.4, 0.5) is 0 Å². The van der Waals surface area contributed by atoms with Gasteiger partial charge in [-0.2, -0.15) is 0 Å². The summed E-state index contributed by atoms with van der Waals surface area (Å²) in [4.78, 5) is 0.422. The smallest absolute Gasteiger partial charge is 0.104 e. The van der Waals surface area contributed by atoms with Gasteiger partial charge >= 0.3 is 0 Å². The first-order chi connectivity index (χ1) is 4.83. The van der Waals surface area contributed by atoms with Gasteiger partial charge in [-0.25, -0.2) is 0 Å². The largest absolute Gasteiger partial charge is 0.377 e. The Morgan fingerprint density at radius 2 is 2.40 bits per heavy atom. The van der Waals surface area contributed by atoms with Crippen LogP contribution in [-0.2, 0) is 9.47 Å². The second-order valence-electron chi connectivity index (χ2n) is 2.24. The number of rotatable bonds is 5. The molecule has 0 aromatic heterocycles. The highest BCUT2D eigenvalue weighted by molar-refractivity contribution is 9.12. The van der Waals surface area contributed by atoms with Gasteiger partial charge in [0.25, 0.3) is 0 Å². The quantitative estimate of drug-likeness (QED) is 0.560. The van der Waals surface area contributed by atoms with Gasteiger partial charge in [-0.3, -0.25) is 0 Å². The summed E-state index contributed by atoms with van der Waals surface area (Å²) in [6.07, 6.45) is 0.384. The van der Waals surface area contributed by atoms with Gasteiger partial charge in [0.05, 0.1) is 19.8 Å². The molecule has 0 aliphatic carbocycles. The Hall–Kier alpha value is 0.880. The van der Waals surface area contributed by atoms with Crippen LogP contribution >= 0.6 is 31.9 Å². The van der Waals surface area contributed by atoms with E-state index in [0.29, 0.717) is 10.9 Å². The van der Waals surface area contributed by atoms with Gasteiger partial charge < -0.3 is 9.47 Å². The van der Waals surface area contributed by atoms with Gasteiger partial charge in [-0.1, -0.05) is 31.9 Å². The zero-order valence-electron chi connectivity index (χ0n) is 5.56. The molecule has 0 spiro atoms. The van der Waals surface area contributed by atoms with Crippen molar-refractivity contribution in [1.29, 1.82) is 0 Å². The van der Waals surface area contributed by atoms with Crippen molar-refractivity contribution in [3.63, 3.8) is 0 Å². The summed E-state index contributed by atoms with van der Waals surface area (Å²) >= 11 is 6.77. The van der Waals surface area contributed by atoms with E-state index in [-0.39, 0.29) is 0 Å². The predicted molar refractivity (Wildman–Crippen MR) is 47.1 cm³/mol. The maximum absolute atomic E-state index is 5.31. The minimum absolute atomic E-state index is 0.384. The Balaban J connectivity index is 1.83. The fourth-order valence-electron chi connectivity index (χ4n) is 0.536. The van der Waals surface area contributed by atoms with Gasteiger partial charge in [-0.05, 0) is 0 Å². The molecule has 0 radical (unpaired) electrons. The van der Waals surface area contributed by atoms with Crippen LogP contribution in [0.1, 0.15) is 0 Å². The highest BCUT2D eigenvalue weighted by Crippen LogP contribution is 2.10. The maximum atomic E-state index is 5.31. The van der Waals surface area contributed by atoms with Gasteiger partial charge in [0.2, 0.25) is 0 Å². The molecular formula is C6H10Br2O2. The molecule has 1 rings (SSSR count). The van der Waals surface area contributed by atoms with Crippen molar-refractivity contribution in [2.75, 3.05) is 25.2 Å². The first-order valence-corrected chi connectivity index (χ1v) is 5.26. The van der Waals surface area contributed by atoms with E-state index in [0.717, 1.165) is 25.2 Å². The van der Waals surface area contributed by atoms with Gasteiger partial charge in [0.1, 0.15) is 6.10 Å². The number of hydrogen-bond donors (Lipinski definition) is 0. The van der Waals surface area contributed by atoms with Crippen molar-refractivity contribution in [3.05, 3.63) is 0 Å². The highest BCUT2D eigenvalue weighted by atomic mass is 79.9. The first kappa shape index (κ1) is 8.97. The SMILES string of the molecule is BrCC(Br)COCC1CO1. The van der Waals surface area contributed by atoms with E-state index < -0.39 is 0 Å². The fraction of sp³-hybridized carbons (Fsp3) is 1.00. The molecule has 0 aromatic rings. The van der Waals surface area contributed by atoms with Crippen molar-refractivity contribution >= 4 is 31.9 Å². The van der Waals surface area contributed by atoms with Crippen LogP contribution in [0.15, 0.2) is 0 Å². The van der Waals surface area contributed by atoms with Crippen molar-refractivity contribution < 1.29 is 9.47 Å². The average Bonchev–Trinajstić information content (AvgIpc) is 2.71. The fourth-order valence-corrected chi connectivity index (χ4v) is 0.910. The Morgan fingerprint density at radius 1 is 1.70 bits per heavy atom. The number of alkyl halides is 2. The number of halogens is 2. The second-order valence-corrected chi connectivity index (χ2v) is 4.19. The van der Waals surface area contributed by atoms with Crippen LogP contribution in [0.25, 0.3) is 0 Å². The summed E-state index contributed by atoms with van der Waals surface area (Å²) in [7, 11) is 0. The molecule has 0 aromatic carbocycles. The lowest BCUT2D eigenvalue weighted by atomic mass is 10.5. The van der Waals surface area contributed by atoms with Crippen LogP contribution < -0.4 is 0 Å². The predicted octanol–water partition coefficient (Wildman–Crippen LogP) is 1.56. The summed E-state index contributed by atoms with van der Waals surface area (Å²) < 4.78 is 10.3. The second kappa shape index (κ2) is 4.70. The molecule has 1 saturated heterocycles. The Labute approximate surface area is 77.5 Å². The summed E-state index contributed by atoms with van der Waals surface area (Å²) in [6, 6.07) is 0. The molecule has 2 atom stereocenters. The van der Waals surface area contributed by atoms with E-state index in [4.69, 9.17) is 9.47 Å². The molecule has 0 amide bonds. The third-order valence-corrected chi connectivity index (χ3v) is 3.41. The lowest BCUT2D eigenvalue weighted by molar-refractivity contribution is 0.121. The third-order valence-electron chi connectivity index (χ3n) is 1.17. The summed E-state index contributed by atoms with van der Waals surface area (Å²) in [5, 5.41) is 0.929. The minimum Gasteiger partial charge on any atom is -0.377 e. The van der Waals surface area contributed by atoms with Crippen LogP contribution in [0, 0.1) is 0 Å². The number of hydrogen-bond acceptors (Lipinski definition) is 2. The van der Waals surface area contributed by atoms with E-state index in [1.165, 1.54) is 0 Å². The van der Waals surface area contributed by atoms with Crippen molar-refractivity contribution in [2.45, 2.75) is 10.9 Å². The van der Waals surface area contributed by atoms with E-state index in [1.54, 1.807) is 0 Å². The zero-order chi connectivity index (χ0) is 7.40. The average molecular weight is 274 g/mol. The van der Waals surface area contributed by atoms with E-state index >= 15 is 0 Å². The van der Waals surface area contributed by atoms with Crippen LogP contribution in [0.2, 0.25) is 0 Å². The number of epoxide rings is 1. The Kier molecular flexibility index (Phi) is 4.21. The van der Waals surface area contributed by atoms with Gasteiger partial charge in [0, 0.05) is 10.2 Å². The molecule has 1 aliphatic rings. The maximum Gasteiger partial charge on any atom is 0.104 e. The molecule has 4 heteroatoms. The van der Waals surface area contributed by atoms with Crippen LogP contribution in [0.3, 0.4) is 0 Å². The summed E-state index contributed by atoms with van der Waals surface area (Å²) in [6.45, 7) is 2.38. The van der Waals surface area contributed by atoms with Crippen molar-refractivity contribution in [2.24, 2.45) is 0 Å². The van der Waals surface area contributed by atoms with Gasteiger partial charge in [0.15, 0.2) is 0 Å². The molecule has 10 heavy (non-hydrogen) atoms. The molecule has 0 bridgehead atoms. The van der Waals surface area contributed by atoms with Crippen molar-refractivity contribution in [1.82, 2.24) is 0 Å². The molecule has 2 nitrogen and oxygen atoms in total. The third kappa shape index (κ3) is 3.91. The molecule has 0 saturated carbocycles. The Bertz CT molecular complexity index is 95.7. The van der Waals surface area contributed by atoms with E-state index in [1.807, 2.05) is 0 Å².